The summed E-state index contributed by atoms with van der Waals surface area (Å²) in [4.78, 5) is 0. The summed E-state index contributed by atoms with van der Waals surface area (Å²) in [5.74, 6) is 0.590. The highest BCUT2D eigenvalue weighted by atomic mass is 32.2. The Hall–Kier alpha value is -0.990. The molecular weight excluding hydrogens is 266 g/mol. The van der Waals surface area contributed by atoms with Crippen LogP contribution in [0.15, 0.2) is 6.33 Å². The molecule has 0 aromatic carbocycles. The summed E-state index contributed by atoms with van der Waals surface area (Å²) in [5, 5.41) is 10.3. The number of nitrogens with zero attached hydrogens (tertiary/aromatic N) is 3. The smallest absolute Gasteiger partial charge is 0.216 e. The fraction of sp³-hybridized carbons (Fsp3) is 0.818. The Bertz CT molecular complexity index is 497. The first-order chi connectivity index (χ1) is 8.74. The Morgan fingerprint density at radius 1 is 1.32 bits per heavy atom. The van der Waals surface area contributed by atoms with E-state index in [2.05, 4.69) is 20.2 Å². The molecule has 0 fully saturated rings. The molecule has 8 heteroatoms. The molecule has 0 amide bonds. The highest BCUT2D eigenvalue weighted by molar-refractivity contribution is 7.90. The van der Waals surface area contributed by atoms with E-state index < -0.39 is 21.3 Å². The minimum absolute atomic E-state index is 0.258. The van der Waals surface area contributed by atoms with E-state index >= 15 is 0 Å². The first-order valence-corrected chi connectivity index (χ1v) is 7.87. The van der Waals surface area contributed by atoms with Crippen molar-refractivity contribution in [2.24, 2.45) is 7.05 Å². The van der Waals surface area contributed by atoms with E-state index in [-0.39, 0.29) is 6.04 Å². The summed E-state index contributed by atoms with van der Waals surface area (Å²) in [5.41, 5.74) is 0. The Balaban J connectivity index is 2.66. The molecule has 0 saturated carbocycles. The summed E-state index contributed by atoms with van der Waals surface area (Å²) in [7, 11) is -1.61. The van der Waals surface area contributed by atoms with Crippen LogP contribution in [0.3, 0.4) is 0 Å². The Kier molecular flexibility index (Phi) is 5.45. The third-order valence-corrected chi connectivity index (χ3v) is 4.73. The second-order valence-corrected chi connectivity index (χ2v) is 7.19. The van der Waals surface area contributed by atoms with Gasteiger partial charge in [0.2, 0.25) is 10.0 Å². The molecular formula is C11H23N5O2S. The van der Waals surface area contributed by atoms with E-state index in [0.717, 1.165) is 0 Å². The SMILES string of the molecule is CC(C)NCC(C)S(=O)(=O)NC(C)c1nncn1C. The molecule has 7 nitrogen and oxygen atoms in total. The molecule has 0 spiro atoms. The second kappa shape index (κ2) is 6.44. The number of nitrogens with one attached hydrogen (secondary N) is 2. The molecule has 2 N–H and O–H groups in total. The van der Waals surface area contributed by atoms with Crippen LogP contribution in [-0.2, 0) is 17.1 Å². The number of aromatic nitrogens is 3. The van der Waals surface area contributed by atoms with E-state index in [0.29, 0.717) is 12.4 Å². The number of hydrogen-bond acceptors (Lipinski definition) is 5. The number of sulfonamides is 1. The van der Waals surface area contributed by atoms with Crippen LogP contribution in [0.4, 0.5) is 0 Å². The summed E-state index contributed by atoms with van der Waals surface area (Å²) >= 11 is 0. The van der Waals surface area contributed by atoms with Crippen LogP contribution in [0.2, 0.25) is 0 Å². The van der Waals surface area contributed by atoms with Crippen molar-refractivity contribution >= 4 is 10.0 Å². The number of aryl methyl sites for hydroxylation is 1. The molecule has 0 radical (unpaired) electrons. The fourth-order valence-electron chi connectivity index (χ4n) is 1.61. The van der Waals surface area contributed by atoms with Gasteiger partial charge < -0.3 is 9.88 Å². The normalized spacial score (nSPS) is 15.7. The quantitative estimate of drug-likeness (QED) is 0.747. The average molecular weight is 289 g/mol. The number of rotatable bonds is 7. The topological polar surface area (TPSA) is 88.9 Å². The molecule has 0 aliphatic rings. The van der Waals surface area contributed by atoms with Crippen LogP contribution < -0.4 is 10.0 Å². The highest BCUT2D eigenvalue weighted by Gasteiger charge is 2.25. The van der Waals surface area contributed by atoms with E-state index in [1.807, 2.05) is 13.8 Å². The standard InChI is InChI=1S/C11H23N5O2S/c1-8(2)12-6-9(3)19(17,18)15-10(4)11-14-13-7-16(11)5/h7-10,12,15H,6H2,1-5H3. The van der Waals surface area contributed by atoms with Crippen molar-refractivity contribution in [2.75, 3.05) is 6.54 Å². The second-order valence-electron chi connectivity index (χ2n) is 5.06. The first kappa shape index (κ1) is 16.1. The van der Waals surface area contributed by atoms with Gasteiger partial charge in [-0.05, 0) is 13.8 Å². The van der Waals surface area contributed by atoms with Gasteiger partial charge in [-0.1, -0.05) is 13.8 Å². The van der Waals surface area contributed by atoms with Gasteiger partial charge in [-0.25, -0.2) is 13.1 Å². The molecule has 1 aromatic rings. The lowest BCUT2D eigenvalue weighted by molar-refractivity contribution is 0.524. The predicted molar refractivity (Wildman–Crippen MR) is 74.1 cm³/mol. The average Bonchev–Trinajstić information content (AvgIpc) is 2.71. The fourth-order valence-corrected chi connectivity index (χ4v) is 2.76. The largest absolute Gasteiger partial charge is 0.319 e. The van der Waals surface area contributed by atoms with E-state index in [1.165, 1.54) is 0 Å². The molecule has 0 aliphatic heterocycles. The maximum atomic E-state index is 12.2. The minimum atomic E-state index is -3.39. The molecule has 0 saturated heterocycles. The third kappa shape index (κ3) is 4.55. The maximum absolute atomic E-state index is 12.2. The summed E-state index contributed by atoms with van der Waals surface area (Å²) < 4.78 is 28.6. The summed E-state index contributed by atoms with van der Waals surface area (Å²) in [6.45, 7) is 7.81. The highest BCUT2D eigenvalue weighted by Crippen LogP contribution is 2.11. The molecule has 110 valence electrons. The molecule has 2 atom stereocenters. The van der Waals surface area contributed by atoms with Gasteiger partial charge in [-0.2, -0.15) is 0 Å². The van der Waals surface area contributed by atoms with Gasteiger partial charge in [0, 0.05) is 19.6 Å². The van der Waals surface area contributed by atoms with Crippen molar-refractivity contribution in [3.8, 4) is 0 Å². The van der Waals surface area contributed by atoms with E-state index in [1.54, 1.807) is 31.8 Å². The predicted octanol–water partition coefficient (Wildman–Crippen LogP) is 0.182. The number of hydrogen-bond donors (Lipinski definition) is 2. The molecule has 0 bridgehead atoms. The molecule has 1 aromatic heterocycles. The molecule has 1 rings (SSSR count). The maximum Gasteiger partial charge on any atom is 0.216 e. The lowest BCUT2D eigenvalue weighted by atomic mass is 10.3. The van der Waals surface area contributed by atoms with Crippen molar-refractivity contribution in [1.29, 1.82) is 0 Å². The monoisotopic (exact) mass is 289 g/mol. The molecule has 2 unspecified atom stereocenters. The zero-order chi connectivity index (χ0) is 14.6. The van der Waals surface area contributed by atoms with Gasteiger partial charge in [0.05, 0.1) is 11.3 Å². The van der Waals surface area contributed by atoms with Gasteiger partial charge in [0.25, 0.3) is 0 Å². The summed E-state index contributed by atoms with van der Waals surface area (Å²) in [6, 6.07) is -0.146. The molecule has 19 heavy (non-hydrogen) atoms. The van der Waals surface area contributed by atoms with Crippen molar-refractivity contribution in [3.63, 3.8) is 0 Å². The van der Waals surface area contributed by atoms with Gasteiger partial charge >= 0.3 is 0 Å². The van der Waals surface area contributed by atoms with Crippen molar-refractivity contribution < 1.29 is 8.42 Å². The Morgan fingerprint density at radius 3 is 2.42 bits per heavy atom. The van der Waals surface area contributed by atoms with Crippen molar-refractivity contribution in [3.05, 3.63) is 12.2 Å². The van der Waals surface area contributed by atoms with Crippen LogP contribution >= 0.6 is 0 Å². The summed E-state index contributed by atoms with van der Waals surface area (Å²) in [6.07, 6.45) is 1.55. The molecule has 1 heterocycles. The van der Waals surface area contributed by atoms with Crippen molar-refractivity contribution in [1.82, 2.24) is 24.8 Å². The Morgan fingerprint density at radius 2 is 1.95 bits per heavy atom. The van der Waals surface area contributed by atoms with E-state index in [9.17, 15) is 8.42 Å². The lowest BCUT2D eigenvalue weighted by Gasteiger charge is -2.19. The van der Waals surface area contributed by atoms with Gasteiger partial charge in [0.1, 0.15) is 12.2 Å². The zero-order valence-electron chi connectivity index (χ0n) is 12.1. The van der Waals surface area contributed by atoms with Crippen LogP contribution in [0.1, 0.15) is 39.6 Å². The van der Waals surface area contributed by atoms with Crippen LogP contribution in [0, 0.1) is 0 Å². The van der Waals surface area contributed by atoms with E-state index in [4.69, 9.17) is 0 Å². The lowest BCUT2D eigenvalue weighted by Crippen LogP contribution is -2.41. The van der Waals surface area contributed by atoms with Crippen LogP contribution in [0.5, 0.6) is 0 Å². The van der Waals surface area contributed by atoms with Crippen LogP contribution in [0.25, 0.3) is 0 Å². The van der Waals surface area contributed by atoms with Gasteiger partial charge in [-0.15, -0.1) is 10.2 Å². The molecule has 0 aliphatic carbocycles. The van der Waals surface area contributed by atoms with Gasteiger partial charge in [0.15, 0.2) is 0 Å². The van der Waals surface area contributed by atoms with Gasteiger partial charge in [-0.3, -0.25) is 0 Å². The first-order valence-electron chi connectivity index (χ1n) is 6.32. The minimum Gasteiger partial charge on any atom is -0.319 e. The van der Waals surface area contributed by atoms with Crippen molar-refractivity contribution in [2.45, 2.75) is 45.0 Å². The third-order valence-electron chi connectivity index (χ3n) is 2.82. The zero-order valence-corrected chi connectivity index (χ0v) is 12.9. The van der Waals surface area contributed by atoms with Crippen LogP contribution in [-0.4, -0.2) is 41.0 Å². The Labute approximate surface area is 114 Å².